The maximum Gasteiger partial charge on any atom is 0.271 e. The Kier molecular flexibility index (Phi) is 7.91. The van der Waals surface area contributed by atoms with Crippen LogP contribution in [0.15, 0.2) is 82.8 Å². The van der Waals surface area contributed by atoms with Crippen LogP contribution in [-0.2, 0) is 20.8 Å². The van der Waals surface area contributed by atoms with Crippen molar-refractivity contribution < 1.29 is 23.9 Å². The molecule has 6 rings (SSSR count). The van der Waals surface area contributed by atoms with E-state index in [1.54, 1.807) is 23.1 Å². The summed E-state index contributed by atoms with van der Waals surface area (Å²) in [5.41, 5.74) is 3.06. The molecule has 0 aromatic heterocycles. The molecule has 0 bridgehead atoms. The fourth-order valence-corrected chi connectivity index (χ4v) is 6.03. The first-order chi connectivity index (χ1) is 20.5. The summed E-state index contributed by atoms with van der Waals surface area (Å²) in [5, 5.41) is 5.80. The Hall–Kier alpha value is -4.64. The number of nitrogens with one attached hydrogen (secondary N) is 2. The maximum absolute atomic E-state index is 13.4. The van der Waals surface area contributed by atoms with E-state index in [0.29, 0.717) is 58.8 Å². The van der Waals surface area contributed by atoms with Crippen LogP contribution >= 0.6 is 11.8 Å². The molecule has 2 unspecified atom stereocenters. The lowest BCUT2D eigenvalue weighted by Gasteiger charge is -2.32. The molecule has 11 heteroatoms. The van der Waals surface area contributed by atoms with Crippen LogP contribution in [0.5, 0.6) is 11.5 Å². The van der Waals surface area contributed by atoms with Gasteiger partial charge in [-0.3, -0.25) is 19.3 Å². The molecule has 3 amide bonds. The summed E-state index contributed by atoms with van der Waals surface area (Å²) in [6.45, 7) is 2.51. The summed E-state index contributed by atoms with van der Waals surface area (Å²) in [7, 11) is 0. The molecule has 0 saturated heterocycles. The number of nitrogens with zero attached hydrogens (tertiary/aromatic N) is 3. The number of amides is 3. The highest BCUT2D eigenvalue weighted by Crippen LogP contribution is 2.37. The molecule has 3 aromatic rings. The molecule has 2 atom stereocenters. The maximum atomic E-state index is 13.4. The number of aliphatic imine (C=N–C) groups is 2. The average Bonchev–Trinajstić information content (AvgIpc) is 3.60. The quantitative estimate of drug-likeness (QED) is 0.386. The number of benzene rings is 3. The third-order valence-electron chi connectivity index (χ3n) is 7.12. The molecule has 3 aromatic carbocycles. The summed E-state index contributed by atoms with van der Waals surface area (Å²) in [6, 6.07) is 21.7. The van der Waals surface area contributed by atoms with Gasteiger partial charge in [0.2, 0.25) is 18.6 Å². The second-order valence-electron chi connectivity index (χ2n) is 9.93. The van der Waals surface area contributed by atoms with Crippen LogP contribution in [0.2, 0.25) is 0 Å². The van der Waals surface area contributed by atoms with Gasteiger partial charge in [0.25, 0.3) is 5.91 Å². The highest BCUT2D eigenvalue weighted by molar-refractivity contribution is 8.15. The van der Waals surface area contributed by atoms with Gasteiger partial charge >= 0.3 is 0 Å². The molecule has 0 spiro atoms. The molecule has 0 fully saturated rings. The Morgan fingerprint density at radius 2 is 1.81 bits per heavy atom. The van der Waals surface area contributed by atoms with Crippen molar-refractivity contribution in [3.05, 3.63) is 83.9 Å². The Morgan fingerprint density at radius 3 is 2.64 bits per heavy atom. The topological polar surface area (TPSA) is 122 Å². The van der Waals surface area contributed by atoms with Crippen LogP contribution in [0.1, 0.15) is 30.9 Å². The lowest BCUT2D eigenvalue weighted by atomic mass is 10.1. The predicted octanol–water partition coefficient (Wildman–Crippen LogP) is 4.27. The fraction of sp³-hybridized carbons (Fsp3) is 0.258. The van der Waals surface area contributed by atoms with Crippen molar-refractivity contribution >= 4 is 51.9 Å². The van der Waals surface area contributed by atoms with E-state index in [0.717, 1.165) is 5.56 Å². The number of fused-ring (bicyclic) bond motifs is 4. The molecule has 3 aliphatic rings. The number of rotatable bonds is 9. The number of hydrogen-bond donors (Lipinski definition) is 2. The Labute approximate surface area is 247 Å². The lowest BCUT2D eigenvalue weighted by Crippen LogP contribution is -2.47. The van der Waals surface area contributed by atoms with Gasteiger partial charge in [-0.15, -0.1) is 0 Å². The minimum absolute atomic E-state index is 0.0808. The molecule has 0 aliphatic carbocycles. The first-order valence-electron chi connectivity index (χ1n) is 13.8. The normalized spacial score (nSPS) is 17.1. The SMILES string of the molecule is CCC(SC1=Nc2ccccc2C2=NC(=O)C(CC(=O)NCCc3ccccc3)N12)C(=O)Nc1ccc2c(c1)OCO2. The Balaban J connectivity index is 1.18. The second-order valence-corrected chi connectivity index (χ2v) is 11.1. The molecule has 0 saturated carbocycles. The minimum Gasteiger partial charge on any atom is -0.454 e. The molecule has 42 heavy (non-hydrogen) atoms. The van der Waals surface area contributed by atoms with E-state index in [4.69, 9.17) is 14.5 Å². The van der Waals surface area contributed by atoms with Gasteiger partial charge in [0.1, 0.15) is 11.9 Å². The number of carbonyl (C=O) groups excluding carboxylic acids is 3. The average molecular weight is 584 g/mol. The van der Waals surface area contributed by atoms with Crippen LogP contribution in [0.25, 0.3) is 0 Å². The lowest BCUT2D eigenvalue weighted by molar-refractivity contribution is -0.126. The van der Waals surface area contributed by atoms with Crippen molar-refractivity contribution in [3.63, 3.8) is 0 Å². The number of anilines is 1. The van der Waals surface area contributed by atoms with Crippen molar-refractivity contribution in [1.29, 1.82) is 0 Å². The zero-order chi connectivity index (χ0) is 29.1. The molecule has 0 radical (unpaired) electrons. The molecule has 3 heterocycles. The Bertz CT molecular complexity index is 1590. The van der Waals surface area contributed by atoms with Crippen LogP contribution in [-0.4, -0.2) is 58.3 Å². The van der Waals surface area contributed by atoms with Crippen LogP contribution in [0, 0.1) is 0 Å². The summed E-state index contributed by atoms with van der Waals surface area (Å²) in [4.78, 5) is 50.4. The summed E-state index contributed by atoms with van der Waals surface area (Å²) in [6.07, 6.45) is 1.10. The number of hydrogen-bond acceptors (Lipinski definition) is 8. The summed E-state index contributed by atoms with van der Waals surface area (Å²) < 4.78 is 10.8. The van der Waals surface area contributed by atoms with Crippen LogP contribution < -0.4 is 20.1 Å². The van der Waals surface area contributed by atoms with Crippen molar-refractivity contribution in [2.24, 2.45) is 9.98 Å². The molecule has 10 nitrogen and oxygen atoms in total. The molecule has 214 valence electrons. The smallest absolute Gasteiger partial charge is 0.271 e. The zero-order valence-electron chi connectivity index (χ0n) is 22.9. The second kappa shape index (κ2) is 12.1. The highest BCUT2D eigenvalue weighted by atomic mass is 32.2. The van der Waals surface area contributed by atoms with Gasteiger partial charge in [0.05, 0.1) is 17.4 Å². The van der Waals surface area contributed by atoms with Gasteiger partial charge < -0.3 is 20.1 Å². The van der Waals surface area contributed by atoms with Crippen LogP contribution in [0.3, 0.4) is 0 Å². The van der Waals surface area contributed by atoms with Crippen molar-refractivity contribution in [3.8, 4) is 11.5 Å². The monoisotopic (exact) mass is 583 g/mol. The van der Waals surface area contributed by atoms with E-state index in [-0.39, 0.29) is 25.0 Å². The van der Waals surface area contributed by atoms with Gasteiger partial charge in [-0.2, -0.15) is 4.99 Å². The molecular formula is C31H29N5O5S. The van der Waals surface area contributed by atoms with E-state index in [9.17, 15) is 14.4 Å². The highest BCUT2D eigenvalue weighted by Gasteiger charge is 2.43. The van der Waals surface area contributed by atoms with Gasteiger partial charge in [-0.25, -0.2) is 4.99 Å². The first kappa shape index (κ1) is 27.5. The van der Waals surface area contributed by atoms with Gasteiger partial charge in [0, 0.05) is 23.9 Å². The van der Waals surface area contributed by atoms with E-state index in [2.05, 4.69) is 15.6 Å². The van der Waals surface area contributed by atoms with Crippen molar-refractivity contribution in [1.82, 2.24) is 10.2 Å². The van der Waals surface area contributed by atoms with Crippen molar-refractivity contribution in [2.45, 2.75) is 37.5 Å². The third-order valence-corrected chi connectivity index (χ3v) is 8.45. The molecular weight excluding hydrogens is 554 g/mol. The molecule has 2 N–H and O–H groups in total. The van der Waals surface area contributed by atoms with Gasteiger partial charge in [0.15, 0.2) is 16.7 Å². The van der Waals surface area contributed by atoms with E-state index in [1.807, 2.05) is 61.5 Å². The van der Waals surface area contributed by atoms with E-state index in [1.165, 1.54) is 11.8 Å². The first-order valence-corrected chi connectivity index (χ1v) is 14.7. The van der Waals surface area contributed by atoms with Gasteiger partial charge in [-0.05, 0) is 42.7 Å². The third kappa shape index (κ3) is 5.73. The van der Waals surface area contributed by atoms with Gasteiger partial charge in [-0.1, -0.05) is 61.2 Å². The number of amidine groups is 2. The predicted molar refractivity (Wildman–Crippen MR) is 161 cm³/mol. The number of carbonyl (C=O) groups is 3. The van der Waals surface area contributed by atoms with Crippen molar-refractivity contribution in [2.75, 3.05) is 18.7 Å². The largest absolute Gasteiger partial charge is 0.454 e. The standard InChI is InChI=1S/C31H29N5O5S/c1-2-26(30(39)33-20-12-13-24-25(16-20)41-18-40-24)42-31-34-22-11-7-6-10-21(22)28-35-29(38)23(36(28)31)17-27(37)32-15-14-19-8-4-3-5-9-19/h3-13,16,23,26H,2,14-15,17-18H2,1H3,(H,32,37)(H,33,39). The number of thioether (sulfide) groups is 1. The summed E-state index contributed by atoms with van der Waals surface area (Å²) >= 11 is 1.25. The fourth-order valence-electron chi connectivity index (χ4n) is 4.97. The van der Waals surface area contributed by atoms with E-state index < -0.39 is 17.2 Å². The number of para-hydroxylation sites is 1. The van der Waals surface area contributed by atoms with E-state index >= 15 is 0 Å². The molecule has 3 aliphatic heterocycles. The van der Waals surface area contributed by atoms with Crippen LogP contribution in [0.4, 0.5) is 11.4 Å². The summed E-state index contributed by atoms with van der Waals surface area (Å²) in [5.74, 6) is 0.763. The Morgan fingerprint density at radius 1 is 1.02 bits per heavy atom. The zero-order valence-corrected chi connectivity index (χ0v) is 23.7. The number of ether oxygens (including phenoxy) is 2. The minimum atomic E-state index is -0.856.